The lowest BCUT2D eigenvalue weighted by Gasteiger charge is -2.37. The number of nitrogen functional groups attached to an aromatic ring is 1. The van der Waals surface area contributed by atoms with Crippen LogP contribution in [0.5, 0.6) is 0 Å². The molecule has 2 aromatic heterocycles. The van der Waals surface area contributed by atoms with Crippen molar-refractivity contribution < 1.29 is 116 Å². The number of hydrogen-bond acceptors (Lipinski definition) is 24. The summed E-state index contributed by atoms with van der Waals surface area (Å²) >= 11 is 0.779. The monoisotopic (exact) mass is 1110 g/mol. The van der Waals surface area contributed by atoms with Crippen LogP contribution in [-0.2, 0) is 55.5 Å². The number of aliphatic carboxylic acids is 1. The molecule has 2 unspecified atom stereocenters. The Hall–Kier alpha value is -4.37. The summed E-state index contributed by atoms with van der Waals surface area (Å²) < 4.78 is 62.1. The number of amides is 2. The van der Waals surface area contributed by atoms with Gasteiger partial charge in [-0.25, -0.2) is 33.4 Å². The first-order valence-corrected chi connectivity index (χ1v) is 26.4. The van der Waals surface area contributed by atoms with Gasteiger partial charge in [0.15, 0.2) is 29.1 Å². The normalized spacial score (nSPS) is 25.8. The summed E-state index contributed by atoms with van der Waals surface area (Å²) in [5.74, 6) is -3.40. The van der Waals surface area contributed by atoms with Crippen LogP contribution in [0.15, 0.2) is 48.7 Å². The molecule has 1 aliphatic heterocycles. The zero-order valence-electron chi connectivity index (χ0n) is 37.8. The molecule has 31 nitrogen and oxygen atoms in total. The number of rotatable bonds is 22. The molecule has 3 aromatic rings. The number of carboxylic acids is 1. The van der Waals surface area contributed by atoms with Crippen LogP contribution in [0, 0.1) is 5.41 Å². The van der Waals surface area contributed by atoms with Gasteiger partial charge in [-0.15, -0.1) is 0 Å². The van der Waals surface area contributed by atoms with Crippen LogP contribution in [0.4, 0.5) is 5.82 Å². The summed E-state index contributed by atoms with van der Waals surface area (Å²) in [5.41, 5.74) is 2.70. The predicted molar refractivity (Wildman–Crippen MR) is 244 cm³/mol. The van der Waals surface area contributed by atoms with Crippen molar-refractivity contribution in [2.75, 3.05) is 37.8 Å². The first kappa shape index (κ1) is 60.2. The minimum atomic E-state index is -5.59. The molecular weight excluding hydrogens is 1050 g/mol. The van der Waals surface area contributed by atoms with E-state index in [-0.39, 0.29) is 42.2 Å². The van der Waals surface area contributed by atoms with Gasteiger partial charge in [-0.2, -0.15) is 4.31 Å². The molecule has 72 heavy (non-hydrogen) atoms. The maximum absolute atomic E-state index is 12.7. The lowest BCUT2D eigenvalue weighted by Crippen LogP contribution is -2.56. The van der Waals surface area contributed by atoms with E-state index in [1.165, 1.54) is 19.9 Å². The van der Waals surface area contributed by atoms with Crippen LogP contribution in [0.1, 0.15) is 44.9 Å². The zero-order chi connectivity index (χ0) is 54.0. The van der Waals surface area contributed by atoms with Crippen LogP contribution >= 0.6 is 35.2 Å². The number of phosphoric acid groups is 3. The number of carbonyl (C=O) groups is 4. The van der Waals surface area contributed by atoms with Crippen molar-refractivity contribution in [1.82, 2.24) is 30.2 Å². The van der Waals surface area contributed by atoms with E-state index in [0.717, 1.165) is 29.0 Å². The highest BCUT2D eigenvalue weighted by Gasteiger charge is 2.51. The van der Waals surface area contributed by atoms with Gasteiger partial charge in [0.1, 0.15) is 42.4 Å². The summed E-state index contributed by atoms with van der Waals surface area (Å²) in [6, 6.07) is 8.67. The quantitative estimate of drug-likeness (QED) is 0.0223. The smallest absolute Gasteiger partial charge is 0.481 e. The lowest BCUT2D eigenvalue weighted by molar-refractivity contribution is -0.187. The van der Waals surface area contributed by atoms with Crippen molar-refractivity contribution in [2.24, 2.45) is 5.41 Å². The molecule has 5 rings (SSSR count). The number of aliphatic hydroxyl groups excluding tert-OH is 6. The summed E-state index contributed by atoms with van der Waals surface area (Å²) in [6.07, 6.45) is -10.9. The van der Waals surface area contributed by atoms with E-state index in [4.69, 9.17) is 39.9 Å². The molecule has 0 radical (unpaired) electrons. The molecular formula is C37H54N7O24P3S. The Bertz CT molecular complexity index is 2540. The molecule has 9 atom stereocenters. The van der Waals surface area contributed by atoms with Gasteiger partial charge in [0.05, 0.1) is 31.7 Å². The van der Waals surface area contributed by atoms with Gasteiger partial charge in [0.25, 0.3) is 5.12 Å². The molecule has 1 saturated carbocycles. The largest absolute Gasteiger partial charge is 0.504 e. The van der Waals surface area contributed by atoms with Crippen LogP contribution < -0.4 is 16.4 Å². The molecule has 1 aromatic carbocycles. The zero-order valence-corrected chi connectivity index (χ0v) is 41.3. The van der Waals surface area contributed by atoms with Crippen molar-refractivity contribution in [2.45, 2.75) is 87.7 Å². The van der Waals surface area contributed by atoms with E-state index in [2.05, 4.69) is 34.4 Å². The van der Waals surface area contributed by atoms with E-state index in [1.807, 2.05) is 0 Å². The number of thioether (sulfide) groups is 1. The van der Waals surface area contributed by atoms with Crippen LogP contribution in [-0.4, -0.2) is 183 Å². The molecule has 2 aliphatic rings. The summed E-state index contributed by atoms with van der Waals surface area (Å²) in [5, 5.41) is 80.9. The first-order valence-electron chi connectivity index (χ1n) is 20.9. The summed E-state index contributed by atoms with van der Waals surface area (Å²) in [6.45, 7) is 0.220. The van der Waals surface area contributed by atoms with Gasteiger partial charge >= 0.3 is 29.4 Å². The molecule has 35 heteroatoms. The van der Waals surface area contributed by atoms with Crippen molar-refractivity contribution in [3.8, 4) is 0 Å². The summed E-state index contributed by atoms with van der Waals surface area (Å²) in [7, 11) is -16.4. The fourth-order valence-corrected chi connectivity index (χ4v) is 9.99. The van der Waals surface area contributed by atoms with E-state index in [0.29, 0.717) is 5.56 Å². The number of benzene rings is 1. The highest BCUT2D eigenvalue weighted by Crippen LogP contribution is 2.61. The Kier molecular flexibility index (Phi) is 21.1. The van der Waals surface area contributed by atoms with Gasteiger partial charge < -0.3 is 81.5 Å². The highest BCUT2D eigenvalue weighted by atomic mass is 32.2. The molecule has 16 N–H and O–H groups in total. The minimum absolute atomic E-state index is 0.0226. The number of imidazole rings is 1. The van der Waals surface area contributed by atoms with Crippen molar-refractivity contribution in [3.05, 3.63) is 54.3 Å². The Morgan fingerprint density at radius 1 is 0.944 bits per heavy atom. The predicted octanol–water partition coefficient (Wildman–Crippen LogP) is -2.06. The third-order valence-corrected chi connectivity index (χ3v) is 14.3. The average molecular weight is 1110 g/mol. The van der Waals surface area contributed by atoms with E-state index >= 15 is 0 Å². The fourth-order valence-electron chi connectivity index (χ4n) is 6.56. The van der Waals surface area contributed by atoms with Gasteiger partial charge in [-0.05, 0) is 11.6 Å². The van der Waals surface area contributed by atoms with Crippen molar-refractivity contribution >= 4 is 81.2 Å². The Morgan fingerprint density at radius 3 is 2.18 bits per heavy atom. The van der Waals surface area contributed by atoms with Crippen LogP contribution in [0.3, 0.4) is 0 Å². The Balaban J connectivity index is 0.000000748. The molecule has 0 bridgehead atoms. The Morgan fingerprint density at radius 2 is 1.57 bits per heavy atom. The first-order chi connectivity index (χ1) is 33.3. The number of nitrogens with one attached hydrogen (secondary N) is 2. The van der Waals surface area contributed by atoms with Gasteiger partial charge in [-0.1, -0.05) is 55.9 Å². The Labute approximate surface area is 411 Å². The number of ether oxygens (including phenoxy) is 1. The van der Waals surface area contributed by atoms with E-state index < -0.39 is 138 Å². The number of nitrogens with two attached hydrogens (primary N) is 1. The third kappa shape index (κ3) is 17.4. The molecule has 0 spiro atoms. The van der Waals surface area contributed by atoms with Crippen LogP contribution in [0.25, 0.3) is 17.2 Å². The van der Waals surface area contributed by atoms with Gasteiger partial charge in [0, 0.05) is 43.5 Å². The number of phosphoric ester groups is 3. The molecule has 3 heterocycles. The van der Waals surface area contributed by atoms with Crippen molar-refractivity contribution in [1.29, 1.82) is 0 Å². The van der Waals surface area contributed by atoms with E-state index in [9.17, 15) is 72.9 Å². The number of aromatic nitrogens is 4. The molecule has 1 saturated heterocycles. The molecule has 1 aliphatic carbocycles. The molecule has 402 valence electrons. The maximum atomic E-state index is 12.7. The second kappa shape index (κ2) is 25.2. The second-order valence-corrected chi connectivity index (χ2v) is 21.8. The standard InChI is InChI=1S/C30H42N7O18P3S.C7H12O6/c1-30(2,24(41)27(42)33-9-8-20(39)32-10-11-59-29(43)18(38)12-17-6-4-3-5-7-17)14-52-58(49,50)55-57(47,48)51-13-19-23(54-56(44,45)46)22(40)28(53-19)37-16-36-21-25(31)34-15-35-26(21)37;8-3-1-7(13,6(11)12)2-4(9)5(3)10/h3-7,12,15-16,19,22-24,28,38,40-41H,8-11,13-14H2,1-2H3,(H,32,39)(H,33,42)(H,47,48)(H,49,50)(H2,31,34,35)(H2,44,45,46);3-5,8-10,13H,1-2H2,(H,11,12)/t19-,22-,23-,24+,28-;3-,4-,5?,7?/m11/s1. The number of hydrogen-bond donors (Lipinski definition) is 15. The lowest BCUT2D eigenvalue weighted by atomic mass is 9.80. The van der Waals surface area contributed by atoms with E-state index in [1.54, 1.807) is 30.3 Å². The molecule has 2 amide bonds. The number of carboxylic acid groups (broad SMARTS) is 1. The number of fused-ring (bicyclic) bond motifs is 1. The van der Waals surface area contributed by atoms with Crippen molar-refractivity contribution in [3.63, 3.8) is 0 Å². The number of anilines is 1. The maximum Gasteiger partial charge on any atom is 0.481 e. The fraction of sp³-hybridized carbons (Fsp3) is 0.541. The molecule has 2 fully saturated rings. The SMILES string of the molecule is CC(C)(COP(=O)(O)OP(=O)(O)OC[C@H]1O[C@@H](n2cnc3c(N)ncnc32)[C@H](O)[C@@H]1OP(=O)(O)O)[C@@H](O)C(=O)NCCC(=O)NCCSC(=O)C(O)=Cc1ccccc1.O=C(O)C1(O)C[C@@H](O)C(O)[C@H](O)C1. The topological polar surface area (TPSA) is 502 Å². The minimum Gasteiger partial charge on any atom is -0.504 e. The highest BCUT2D eigenvalue weighted by molar-refractivity contribution is 8.14. The number of carbonyl (C=O) groups excluding carboxylic acids is 3. The van der Waals surface area contributed by atoms with Crippen LogP contribution in [0.2, 0.25) is 0 Å². The average Bonchev–Trinajstić information content (AvgIpc) is 3.85. The van der Waals surface area contributed by atoms with Gasteiger partial charge in [-0.3, -0.25) is 32.5 Å². The summed E-state index contributed by atoms with van der Waals surface area (Å²) in [4.78, 5) is 98.3. The van der Waals surface area contributed by atoms with Gasteiger partial charge in [0.2, 0.25) is 11.8 Å². The number of nitrogens with zero attached hydrogens (tertiary/aromatic N) is 4. The third-order valence-electron chi connectivity index (χ3n) is 10.3. The number of aliphatic hydroxyl groups is 7. The second-order valence-electron chi connectivity index (χ2n) is 16.5.